The standard InChI is InChI=1S/C12H18N4O2/c1-18-11-8-14-3-2-10(11)12(17)16-5-4-15-7-9(16)6-13/h2-3,8-9,15H,4-7,13H2,1H3. The molecule has 1 aliphatic heterocycles. The normalized spacial score (nSPS) is 19.7. The minimum absolute atomic E-state index is 0.0316. The van der Waals surface area contributed by atoms with Crippen molar-refractivity contribution < 1.29 is 9.53 Å². The third-order valence-corrected chi connectivity index (χ3v) is 3.12. The second-order valence-electron chi connectivity index (χ2n) is 4.17. The summed E-state index contributed by atoms with van der Waals surface area (Å²) >= 11 is 0. The summed E-state index contributed by atoms with van der Waals surface area (Å²) in [5.74, 6) is 0.447. The second-order valence-corrected chi connectivity index (χ2v) is 4.17. The first kappa shape index (κ1) is 12.8. The highest BCUT2D eigenvalue weighted by molar-refractivity contribution is 5.97. The molecule has 2 rings (SSSR count). The van der Waals surface area contributed by atoms with Crippen LogP contribution in [0.4, 0.5) is 0 Å². The molecule has 1 unspecified atom stereocenters. The van der Waals surface area contributed by atoms with Crippen LogP contribution < -0.4 is 15.8 Å². The van der Waals surface area contributed by atoms with Crippen molar-refractivity contribution in [1.82, 2.24) is 15.2 Å². The zero-order valence-electron chi connectivity index (χ0n) is 10.4. The molecule has 2 heterocycles. The molecule has 98 valence electrons. The third-order valence-electron chi connectivity index (χ3n) is 3.12. The first-order valence-corrected chi connectivity index (χ1v) is 5.97. The average molecular weight is 250 g/mol. The Kier molecular flexibility index (Phi) is 4.11. The molecule has 0 saturated carbocycles. The van der Waals surface area contributed by atoms with Crippen LogP contribution in [0.3, 0.4) is 0 Å². The van der Waals surface area contributed by atoms with Crippen LogP contribution in [-0.4, -0.2) is 55.1 Å². The molecule has 18 heavy (non-hydrogen) atoms. The van der Waals surface area contributed by atoms with Gasteiger partial charge < -0.3 is 20.7 Å². The van der Waals surface area contributed by atoms with E-state index in [-0.39, 0.29) is 11.9 Å². The molecule has 1 saturated heterocycles. The van der Waals surface area contributed by atoms with Crippen molar-refractivity contribution in [2.24, 2.45) is 5.73 Å². The number of carbonyl (C=O) groups is 1. The number of nitrogens with two attached hydrogens (primary N) is 1. The lowest BCUT2D eigenvalue weighted by atomic mass is 10.1. The van der Waals surface area contributed by atoms with Crippen molar-refractivity contribution in [3.8, 4) is 5.75 Å². The van der Waals surface area contributed by atoms with Crippen LogP contribution in [0, 0.1) is 0 Å². The highest BCUT2D eigenvalue weighted by atomic mass is 16.5. The van der Waals surface area contributed by atoms with Gasteiger partial charge in [0.05, 0.1) is 24.9 Å². The second kappa shape index (κ2) is 5.79. The van der Waals surface area contributed by atoms with E-state index in [2.05, 4.69) is 10.3 Å². The molecule has 6 nitrogen and oxygen atoms in total. The van der Waals surface area contributed by atoms with E-state index >= 15 is 0 Å². The number of aromatic nitrogens is 1. The summed E-state index contributed by atoms with van der Waals surface area (Å²) in [6.45, 7) is 2.63. The Bertz CT molecular complexity index is 424. The summed E-state index contributed by atoms with van der Waals surface area (Å²) in [5.41, 5.74) is 6.24. The lowest BCUT2D eigenvalue weighted by Crippen LogP contribution is -2.56. The van der Waals surface area contributed by atoms with Crippen molar-refractivity contribution in [2.75, 3.05) is 33.3 Å². The zero-order chi connectivity index (χ0) is 13.0. The largest absolute Gasteiger partial charge is 0.494 e. The van der Waals surface area contributed by atoms with E-state index in [0.29, 0.717) is 24.4 Å². The summed E-state index contributed by atoms with van der Waals surface area (Å²) in [6.07, 6.45) is 3.14. The number of amides is 1. The number of piperazine rings is 1. The molecule has 0 radical (unpaired) electrons. The minimum atomic E-state index is -0.0498. The summed E-state index contributed by atoms with van der Waals surface area (Å²) in [5, 5.41) is 3.23. The van der Waals surface area contributed by atoms with Gasteiger partial charge in [-0.2, -0.15) is 0 Å². The third kappa shape index (κ3) is 2.44. The first-order chi connectivity index (χ1) is 8.77. The van der Waals surface area contributed by atoms with E-state index in [0.717, 1.165) is 13.1 Å². The van der Waals surface area contributed by atoms with Gasteiger partial charge in [-0.25, -0.2) is 0 Å². The highest BCUT2D eigenvalue weighted by Crippen LogP contribution is 2.19. The average Bonchev–Trinajstić information content (AvgIpc) is 2.46. The van der Waals surface area contributed by atoms with Crippen molar-refractivity contribution in [3.05, 3.63) is 24.0 Å². The lowest BCUT2D eigenvalue weighted by molar-refractivity contribution is 0.0641. The molecule has 1 aliphatic rings. The van der Waals surface area contributed by atoms with Crippen LogP contribution in [0.2, 0.25) is 0 Å². The summed E-state index contributed by atoms with van der Waals surface area (Å²) in [7, 11) is 1.53. The zero-order valence-corrected chi connectivity index (χ0v) is 10.4. The van der Waals surface area contributed by atoms with Gasteiger partial charge in [-0.15, -0.1) is 0 Å². The fourth-order valence-corrected chi connectivity index (χ4v) is 2.11. The Labute approximate surface area is 106 Å². The number of ether oxygens (including phenoxy) is 1. The highest BCUT2D eigenvalue weighted by Gasteiger charge is 2.27. The number of hydrogen-bond acceptors (Lipinski definition) is 5. The van der Waals surface area contributed by atoms with Crippen molar-refractivity contribution in [2.45, 2.75) is 6.04 Å². The number of nitrogens with zero attached hydrogens (tertiary/aromatic N) is 2. The van der Waals surface area contributed by atoms with Crippen LogP contribution >= 0.6 is 0 Å². The van der Waals surface area contributed by atoms with Gasteiger partial charge in [0.15, 0.2) is 0 Å². The predicted octanol–water partition coefficient (Wildman–Crippen LogP) is -0.537. The van der Waals surface area contributed by atoms with Crippen molar-refractivity contribution in [3.63, 3.8) is 0 Å². The number of carbonyl (C=O) groups excluding carboxylic acids is 1. The van der Waals surface area contributed by atoms with E-state index in [4.69, 9.17) is 10.5 Å². The molecule has 0 aromatic carbocycles. The molecular weight excluding hydrogens is 232 g/mol. The van der Waals surface area contributed by atoms with Gasteiger partial charge in [0.2, 0.25) is 0 Å². The van der Waals surface area contributed by atoms with E-state index in [1.54, 1.807) is 23.4 Å². The van der Waals surface area contributed by atoms with Crippen molar-refractivity contribution >= 4 is 5.91 Å². The van der Waals surface area contributed by atoms with Gasteiger partial charge in [-0.3, -0.25) is 9.78 Å². The lowest BCUT2D eigenvalue weighted by Gasteiger charge is -2.35. The van der Waals surface area contributed by atoms with Gasteiger partial charge in [-0.1, -0.05) is 0 Å². The van der Waals surface area contributed by atoms with Crippen LogP contribution in [0.15, 0.2) is 18.5 Å². The Hall–Kier alpha value is -1.66. The van der Waals surface area contributed by atoms with E-state index in [1.165, 1.54) is 7.11 Å². The molecule has 1 amide bonds. The summed E-state index contributed by atoms with van der Waals surface area (Å²) in [4.78, 5) is 18.2. The van der Waals surface area contributed by atoms with Gasteiger partial charge in [0, 0.05) is 32.4 Å². The van der Waals surface area contributed by atoms with Crippen LogP contribution in [-0.2, 0) is 0 Å². The fraction of sp³-hybridized carbons (Fsp3) is 0.500. The monoisotopic (exact) mass is 250 g/mol. The molecule has 6 heteroatoms. The molecule has 0 spiro atoms. The quantitative estimate of drug-likeness (QED) is 0.753. The van der Waals surface area contributed by atoms with Crippen molar-refractivity contribution in [1.29, 1.82) is 0 Å². The SMILES string of the molecule is COc1cnccc1C(=O)N1CCNCC1CN. The molecule has 0 bridgehead atoms. The molecular formula is C12H18N4O2. The van der Waals surface area contributed by atoms with Crippen LogP contribution in [0.25, 0.3) is 0 Å². The maximum atomic E-state index is 12.5. The molecule has 1 fully saturated rings. The molecule has 1 aromatic rings. The molecule has 1 atom stereocenters. The topological polar surface area (TPSA) is 80.5 Å². The maximum Gasteiger partial charge on any atom is 0.258 e. The fourth-order valence-electron chi connectivity index (χ4n) is 2.11. The summed E-state index contributed by atoms with van der Waals surface area (Å²) < 4.78 is 5.17. The summed E-state index contributed by atoms with van der Waals surface area (Å²) in [6, 6.07) is 1.71. The van der Waals surface area contributed by atoms with Gasteiger partial charge in [0.25, 0.3) is 5.91 Å². The smallest absolute Gasteiger partial charge is 0.258 e. The number of pyridine rings is 1. The molecule has 0 aliphatic carbocycles. The van der Waals surface area contributed by atoms with Crippen LogP contribution in [0.1, 0.15) is 10.4 Å². The molecule has 1 aromatic heterocycles. The van der Waals surface area contributed by atoms with Gasteiger partial charge in [0.1, 0.15) is 5.75 Å². The predicted molar refractivity (Wildman–Crippen MR) is 67.5 cm³/mol. The van der Waals surface area contributed by atoms with Gasteiger partial charge in [-0.05, 0) is 6.07 Å². The van der Waals surface area contributed by atoms with Gasteiger partial charge >= 0.3 is 0 Å². The maximum absolute atomic E-state index is 12.5. The first-order valence-electron chi connectivity index (χ1n) is 5.97. The minimum Gasteiger partial charge on any atom is -0.494 e. The Morgan fingerprint density at radius 3 is 3.28 bits per heavy atom. The Balaban J connectivity index is 2.24. The van der Waals surface area contributed by atoms with E-state index in [9.17, 15) is 4.79 Å². The Morgan fingerprint density at radius 2 is 2.56 bits per heavy atom. The van der Waals surface area contributed by atoms with E-state index < -0.39 is 0 Å². The number of rotatable bonds is 3. The Morgan fingerprint density at radius 1 is 1.72 bits per heavy atom. The number of nitrogens with one attached hydrogen (secondary N) is 1. The van der Waals surface area contributed by atoms with E-state index in [1.807, 2.05) is 0 Å². The molecule has 3 N–H and O–H groups in total. The number of hydrogen-bond donors (Lipinski definition) is 2. The number of methoxy groups -OCH3 is 1. The van der Waals surface area contributed by atoms with Crippen LogP contribution in [0.5, 0.6) is 5.75 Å².